The van der Waals surface area contributed by atoms with Crippen LogP contribution in [0.4, 0.5) is 0 Å². The fourth-order valence-electron chi connectivity index (χ4n) is 0.963. The van der Waals surface area contributed by atoms with Crippen LogP contribution in [-0.2, 0) is 19.0 Å². The molecule has 0 aromatic heterocycles. The molecule has 2 N–H and O–H groups in total. The summed E-state index contributed by atoms with van der Waals surface area (Å²) < 4.78 is 15.3. The third-order valence-corrected chi connectivity index (χ3v) is 1.85. The molecule has 0 aliphatic rings. The number of ether oxygens (including phenoxy) is 3. The van der Waals surface area contributed by atoms with E-state index in [-0.39, 0.29) is 5.97 Å². The second kappa shape index (κ2) is 12.4. The number of unbranched alkanes of at least 4 members (excludes halogenated alkanes) is 1. The third kappa shape index (κ3) is 11.4. The predicted octanol–water partition coefficient (Wildman–Crippen LogP) is 0.712. The highest BCUT2D eigenvalue weighted by atomic mass is 16.5. The first-order chi connectivity index (χ1) is 7.81. The molecular formula is C11H23NO4. The SMILES string of the molecule is CCCCOC(=O)CCOCCOCCN. The monoisotopic (exact) mass is 233 g/mol. The minimum atomic E-state index is -0.198. The Hall–Kier alpha value is -0.650. The quantitative estimate of drug-likeness (QED) is 0.420. The number of carbonyl (C=O) groups is 1. The number of esters is 1. The Morgan fingerprint density at radius 2 is 1.75 bits per heavy atom. The molecule has 0 amide bonds. The van der Waals surface area contributed by atoms with Crippen LogP contribution in [0.5, 0.6) is 0 Å². The van der Waals surface area contributed by atoms with Gasteiger partial charge in [-0.2, -0.15) is 0 Å². The highest BCUT2D eigenvalue weighted by Gasteiger charge is 2.01. The zero-order chi connectivity index (χ0) is 12.1. The summed E-state index contributed by atoms with van der Waals surface area (Å²) in [4.78, 5) is 11.1. The maximum absolute atomic E-state index is 11.1. The molecule has 0 atom stereocenters. The van der Waals surface area contributed by atoms with E-state index < -0.39 is 0 Å². The van der Waals surface area contributed by atoms with E-state index >= 15 is 0 Å². The van der Waals surface area contributed by atoms with E-state index in [1.807, 2.05) is 0 Å². The zero-order valence-corrected chi connectivity index (χ0v) is 10.1. The summed E-state index contributed by atoms with van der Waals surface area (Å²) in [6.07, 6.45) is 2.25. The molecule has 5 heteroatoms. The summed E-state index contributed by atoms with van der Waals surface area (Å²) in [7, 11) is 0. The van der Waals surface area contributed by atoms with Crippen molar-refractivity contribution in [1.82, 2.24) is 0 Å². The molecule has 0 saturated heterocycles. The number of rotatable bonds is 11. The Labute approximate surface area is 97.2 Å². The standard InChI is InChI=1S/C11H23NO4/c1-2-3-6-16-11(13)4-7-14-9-10-15-8-5-12/h2-10,12H2,1H3. The summed E-state index contributed by atoms with van der Waals surface area (Å²) in [6, 6.07) is 0. The summed E-state index contributed by atoms with van der Waals surface area (Å²) in [6.45, 7) is 5.01. The highest BCUT2D eigenvalue weighted by molar-refractivity contribution is 5.69. The van der Waals surface area contributed by atoms with Gasteiger partial charge >= 0.3 is 5.97 Å². The second-order valence-corrected chi connectivity index (χ2v) is 3.34. The first-order valence-corrected chi connectivity index (χ1v) is 5.82. The normalized spacial score (nSPS) is 10.4. The van der Waals surface area contributed by atoms with E-state index in [4.69, 9.17) is 19.9 Å². The largest absolute Gasteiger partial charge is 0.466 e. The predicted molar refractivity (Wildman–Crippen MR) is 61.2 cm³/mol. The molecule has 5 nitrogen and oxygen atoms in total. The topological polar surface area (TPSA) is 70.8 Å². The molecule has 0 saturated carbocycles. The molecule has 0 fully saturated rings. The molecule has 0 unspecified atom stereocenters. The molecule has 0 spiro atoms. The number of nitrogens with two attached hydrogens (primary N) is 1. The first-order valence-electron chi connectivity index (χ1n) is 5.82. The fourth-order valence-corrected chi connectivity index (χ4v) is 0.963. The van der Waals surface area contributed by atoms with Crippen LogP contribution in [0.3, 0.4) is 0 Å². The molecule has 0 heterocycles. The van der Waals surface area contributed by atoms with Gasteiger partial charge in [0.05, 0.1) is 39.5 Å². The molecule has 96 valence electrons. The van der Waals surface area contributed by atoms with Crippen molar-refractivity contribution >= 4 is 5.97 Å². The number of carbonyl (C=O) groups excluding carboxylic acids is 1. The molecule has 0 aromatic rings. The van der Waals surface area contributed by atoms with Crippen molar-refractivity contribution in [3.63, 3.8) is 0 Å². The average molecular weight is 233 g/mol. The second-order valence-electron chi connectivity index (χ2n) is 3.34. The highest BCUT2D eigenvalue weighted by Crippen LogP contribution is 1.92. The molecule has 0 radical (unpaired) electrons. The van der Waals surface area contributed by atoms with Gasteiger partial charge in [-0.15, -0.1) is 0 Å². The Morgan fingerprint density at radius 3 is 2.38 bits per heavy atom. The first kappa shape index (κ1) is 15.3. The average Bonchev–Trinajstić information content (AvgIpc) is 2.28. The van der Waals surface area contributed by atoms with Gasteiger partial charge in [-0.1, -0.05) is 13.3 Å². The van der Waals surface area contributed by atoms with Gasteiger partial charge in [0.2, 0.25) is 0 Å². The van der Waals surface area contributed by atoms with E-state index in [1.165, 1.54) is 0 Å². The van der Waals surface area contributed by atoms with Gasteiger partial charge in [0, 0.05) is 6.54 Å². The van der Waals surface area contributed by atoms with Gasteiger partial charge in [-0.25, -0.2) is 0 Å². The van der Waals surface area contributed by atoms with Crippen LogP contribution in [0.1, 0.15) is 26.2 Å². The molecule has 0 aliphatic heterocycles. The molecule has 0 rings (SSSR count). The van der Waals surface area contributed by atoms with Gasteiger partial charge in [-0.05, 0) is 6.42 Å². The maximum atomic E-state index is 11.1. The third-order valence-electron chi connectivity index (χ3n) is 1.85. The van der Waals surface area contributed by atoms with Gasteiger partial charge in [0.15, 0.2) is 0 Å². The lowest BCUT2D eigenvalue weighted by Gasteiger charge is -2.05. The summed E-state index contributed by atoms with van der Waals surface area (Å²) in [5, 5.41) is 0. The Balaban J connectivity index is 3.09. The van der Waals surface area contributed by atoms with Crippen molar-refractivity contribution < 1.29 is 19.0 Å². The van der Waals surface area contributed by atoms with Crippen molar-refractivity contribution in [2.24, 2.45) is 5.73 Å². The van der Waals surface area contributed by atoms with Crippen molar-refractivity contribution in [3.8, 4) is 0 Å². The van der Waals surface area contributed by atoms with Crippen molar-refractivity contribution in [2.75, 3.05) is 39.6 Å². The lowest BCUT2D eigenvalue weighted by molar-refractivity contribution is -0.145. The van der Waals surface area contributed by atoms with E-state index in [0.717, 1.165) is 12.8 Å². The van der Waals surface area contributed by atoms with Crippen LogP contribution in [0, 0.1) is 0 Å². The number of hydrogen-bond acceptors (Lipinski definition) is 5. The smallest absolute Gasteiger partial charge is 0.308 e. The van der Waals surface area contributed by atoms with Crippen LogP contribution in [0.2, 0.25) is 0 Å². The summed E-state index contributed by atoms with van der Waals surface area (Å²) in [5.41, 5.74) is 5.24. The van der Waals surface area contributed by atoms with E-state index in [1.54, 1.807) is 0 Å². The van der Waals surface area contributed by atoms with E-state index in [0.29, 0.717) is 46.0 Å². The Kier molecular flexibility index (Phi) is 11.9. The van der Waals surface area contributed by atoms with E-state index in [9.17, 15) is 4.79 Å². The summed E-state index contributed by atoms with van der Waals surface area (Å²) in [5.74, 6) is -0.198. The zero-order valence-electron chi connectivity index (χ0n) is 10.1. The lowest BCUT2D eigenvalue weighted by atomic mass is 10.4. The molecule has 0 aliphatic carbocycles. The molecule has 0 aromatic carbocycles. The molecule has 16 heavy (non-hydrogen) atoms. The van der Waals surface area contributed by atoms with Crippen LogP contribution >= 0.6 is 0 Å². The minimum absolute atomic E-state index is 0.198. The van der Waals surface area contributed by atoms with Gasteiger partial charge < -0.3 is 19.9 Å². The van der Waals surface area contributed by atoms with Crippen LogP contribution < -0.4 is 5.73 Å². The molecular weight excluding hydrogens is 210 g/mol. The Bertz CT molecular complexity index is 164. The van der Waals surface area contributed by atoms with Crippen molar-refractivity contribution in [3.05, 3.63) is 0 Å². The lowest BCUT2D eigenvalue weighted by Crippen LogP contribution is -2.14. The van der Waals surface area contributed by atoms with Crippen molar-refractivity contribution in [2.45, 2.75) is 26.2 Å². The van der Waals surface area contributed by atoms with Crippen LogP contribution in [0.25, 0.3) is 0 Å². The fraction of sp³-hybridized carbons (Fsp3) is 0.909. The van der Waals surface area contributed by atoms with Crippen LogP contribution in [-0.4, -0.2) is 45.5 Å². The number of hydrogen-bond donors (Lipinski definition) is 1. The molecule has 0 bridgehead atoms. The van der Waals surface area contributed by atoms with Crippen molar-refractivity contribution in [1.29, 1.82) is 0 Å². The maximum Gasteiger partial charge on any atom is 0.308 e. The minimum Gasteiger partial charge on any atom is -0.466 e. The van der Waals surface area contributed by atoms with Gasteiger partial charge in [0.25, 0.3) is 0 Å². The van der Waals surface area contributed by atoms with Gasteiger partial charge in [0.1, 0.15) is 0 Å². The Morgan fingerprint density at radius 1 is 1.06 bits per heavy atom. The summed E-state index contributed by atoms with van der Waals surface area (Å²) >= 11 is 0. The van der Waals surface area contributed by atoms with Gasteiger partial charge in [-0.3, -0.25) is 4.79 Å². The van der Waals surface area contributed by atoms with E-state index in [2.05, 4.69) is 6.92 Å². The van der Waals surface area contributed by atoms with Crippen LogP contribution in [0.15, 0.2) is 0 Å².